The third kappa shape index (κ3) is 4.43. The smallest absolute Gasteiger partial charge is 0.325 e. The fraction of sp³-hybridized carbons (Fsp3) is 0.941. The zero-order valence-electron chi connectivity index (χ0n) is 13.8. The Hall–Kier alpha value is -0.610. The second kappa shape index (κ2) is 7.59. The van der Waals surface area contributed by atoms with Crippen molar-refractivity contribution in [2.75, 3.05) is 20.2 Å². The Morgan fingerprint density at radius 3 is 2.71 bits per heavy atom. The second-order valence-electron chi connectivity index (χ2n) is 7.16. The number of ether oxygens (including phenoxy) is 1. The molecule has 2 aliphatic rings. The summed E-state index contributed by atoms with van der Waals surface area (Å²) in [5.74, 6) is 0.648. The summed E-state index contributed by atoms with van der Waals surface area (Å²) in [4.78, 5) is 14.3. The number of hydrogen-bond acceptors (Lipinski definition) is 4. The molecule has 2 fully saturated rings. The summed E-state index contributed by atoms with van der Waals surface area (Å²) in [7, 11) is 1.41. The van der Waals surface area contributed by atoms with E-state index in [2.05, 4.69) is 4.90 Å². The van der Waals surface area contributed by atoms with Gasteiger partial charge in [-0.15, -0.1) is 0 Å². The summed E-state index contributed by atoms with van der Waals surface area (Å²) in [5, 5.41) is 0. The van der Waals surface area contributed by atoms with Gasteiger partial charge < -0.3 is 15.4 Å². The van der Waals surface area contributed by atoms with Crippen molar-refractivity contribution in [3.8, 4) is 0 Å². The molecule has 0 amide bonds. The summed E-state index contributed by atoms with van der Waals surface area (Å²) in [6.07, 6.45) is 11.3. The van der Waals surface area contributed by atoms with Gasteiger partial charge in [0.25, 0.3) is 0 Å². The molecule has 3 atom stereocenters. The molecule has 1 aliphatic carbocycles. The van der Waals surface area contributed by atoms with Crippen molar-refractivity contribution in [3.63, 3.8) is 0 Å². The lowest BCUT2D eigenvalue weighted by Crippen LogP contribution is -2.47. The van der Waals surface area contributed by atoms with E-state index in [0.717, 1.165) is 24.8 Å². The number of carbonyl (C=O) groups excluding carboxylic acids is 1. The number of esters is 1. The highest BCUT2D eigenvalue weighted by Crippen LogP contribution is 2.35. The van der Waals surface area contributed by atoms with Crippen LogP contribution in [0, 0.1) is 5.92 Å². The molecule has 0 aromatic carbocycles. The summed E-state index contributed by atoms with van der Waals surface area (Å²) < 4.78 is 4.76. The number of carbonyl (C=O) groups is 1. The average Bonchev–Trinajstić information content (AvgIpc) is 2.50. The lowest BCUT2D eigenvalue weighted by atomic mass is 9.78. The van der Waals surface area contributed by atoms with Crippen LogP contribution in [0.15, 0.2) is 0 Å². The van der Waals surface area contributed by atoms with Crippen molar-refractivity contribution in [2.45, 2.75) is 76.3 Å². The largest absolute Gasteiger partial charge is 0.468 e. The quantitative estimate of drug-likeness (QED) is 0.605. The third-order valence-electron chi connectivity index (χ3n) is 5.40. The Labute approximate surface area is 129 Å². The predicted octanol–water partition coefficient (Wildman–Crippen LogP) is 2.70. The molecule has 4 heteroatoms. The van der Waals surface area contributed by atoms with Crippen LogP contribution in [-0.2, 0) is 9.53 Å². The maximum Gasteiger partial charge on any atom is 0.325 e. The topological polar surface area (TPSA) is 55.6 Å². The molecule has 1 saturated heterocycles. The number of nitrogens with two attached hydrogens (primary N) is 1. The van der Waals surface area contributed by atoms with Crippen LogP contribution in [0.25, 0.3) is 0 Å². The molecule has 0 radical (unpaired) electrons. The van der Waals surface area contributed by atoms with E-state index in [9.17, 15) is 4.79 Å². The molecule has 0 aromatic rings. The minimum atomic E-state index is -0.829. The van der Waals surface area contributed by atoms with E-state index < -0.39 is 5.54 Å². The van der Waals surface area contributed by atoms with E-state index in [1.807, 2.05) is 0 Å². The molecule has 1 unspecified atom stereocenters. The number of likely N-dealkylation sites (tertiary alicyclic amines) is 1. The van der Waals surface area contributed by atoms with Crippen LogP contribution in [0.3, 0.4) is 0 Å². The molecular formula is C17H32N2O2. The highest BCUT2D eigenvalue weighted by atomic mass is 16.5. The summed E-state index contributed by atoms with van der Waals surface area (Å²) >= 11 is 0. The van der Waals surface area contributed by atoms with Crippen molar-refractivity contribution in [1.82, 2.24) is 4.90 Å². The molecule has 1 heterocycles. The zero-order chi connectivity index (χ0) is 15.3. The van der Waals surface area contributed by atoms with Gasteiger partial charge in [-0.2, -0.15) is 0 Å². The van der Waals surface area contributed by atoms with Crippen molar-refractivity contribution < 1.29 is 9.53 Å². The van der Waals surface area contributed by atoms with Gasteiger partial charge in [-0.1, -0.05) is 12.8 Å². The van der Waals surface area contributed by atoms with E-state index in [1.165, 1.54) is 58.7 Å². The van der Waals surface area contributed by atoms with Crippen molar-refractivity contribution in [2.24, 2.45) is 11.7 Å². The number of hydrogen-bond donors (Lipinski definition) is 1. The predicted molar refractivity (Wildman–Crippen MR) is 85.0 cm³/mol. The van der Waals surface area contributed by atoms with Crippen molar-refractivity contribution in [1.29, 1.82) is 0 Å². The Morgan fingerprint density at radius 1 is 1.24 bits per heavy atom. The molecule has 21 heavy (non-hydrogen) atoms. The minimum Gasteiger partial charge on any atom is -0.468 e. The zero-order valence-corrected chi connectivity index (χ0v) is 13.8. The van der Waals surface area contributed by atoms with Gasteiger partial charge in [-0.05, 0) is 70.9 Å². The summed E-state index contributed by atoms with van der Waals surface area (Å²) in [6.45, 7) is 4.20. The monoisotopic (exact) mass is 296 g/mol. The van der Waals surface area contributed by atoms with Gasteiger partial charge in [-0.3, -0.25) is 4.79 Å². The van der Waals surface area contributed by atoms with E-state index in [1.54, 1.807) is 6.92 Å². The molecule has 2 N–H and O–H groups in total. The highest BCUT2D eigenvalue weighted by molar-refractivity contribution is 5.79. The Bertz CT molecular complexity index is 342. The van der Waals surface area contributed by atoms with Crippen LogP contribution in [0.5, 0.6) is 0 Å². The molecule has 122 valence electrons. The van der Waals surface area contributed by atoms with Crippen LogP contribution in [0.2, 0.25) is 0 Å². The molecule has 0 aromatic heterocycles. The van der Waals surface area contributed by atoms with E-state index >= 15 is 0 Å². The normalized spacial score (nSPS) is 29.5. The third-order valence-corrected chi connectivity index (χ3v) is 5.40. The molecule has 1 aliphatic heterocycles. The van der Waals surface area contributed by atoms with Gasteiger partial charge in [-0.25, -0.2) is 0 Å². The molecule has 2 rings (SSSR count). The molecule has 0 spiro atoms. The first kappa shape index (κ1) is 16.8. The SMILES string of the molecule is COC(=O)C(C)(N)CCCCN1CCC[C@H]2CCCC[C@H]21. The number of methoxy groups -OCH3 is 1. The summed E-state index contributed by atoms with van der Waals surface area (Å²) in [5.41, 5.74) is 5.18. The number of fused-ring (bicyclic) bond motifs is 1. The fourth-order valence-corrected chi connectivity index (χ4v) is 4.15. The van der Waals surface area contributed by atoms with Crippen molar-refractivity contribution in [3.05, 3.63) is 0 Å². The van der Waals surface area contributed by atoms with Crippen LogP contribution in [0.1, 0.15) is 64.7 Å². The summed E-state index contributed by atoms with van der Waals surface area (Å²) in [6, 6.07) is 0.831. The average molecular weight is 296 g/mol. The molecule has 0 bridgehead atoms. The van der Waals surface area contributed by atoms with Crippen LogP contribution >= 0.6 is 0 Å². The Kier molecular flexibility index (Phi) is 6.06. The van der Waals surface area contributed by atoms with Gasteiger partial charge in [0.1, 0.15) is 5.54 Å². The first-order chi connectivity index (χ1) is 10.0. The van der Waals surface area contributed by atoms with E-state index in [0.29, 0.717) is 6.42 Å². The van der Waals surface area contributed by atoms with E-state index in [4.69, 9.17) is 10.5 Å². The van der Waals surface area contributed by atoms with Crippen molar-refractivity contribution >= 4 is 5.97 Å². The number of piperidine rings is 1. The van der Waals surface area contributed by atoms with Crippen LogP contribution in [0.4, 0.5) is 0 Å². The Balaban J connectivity index is 1.71. The van der Waals surface area contributed by atoms with Gasteiger partial charge in [0.2, 0.25) is 0 Å². The number of rotatable bonds is 6. The first-order valence-electron chi connectivity index (χ1n) is 8.66. The minimum absolute atomic E-state index is 0.298. The fourth-order valence-electron chi connectivity index (χ4n) is 4.15. The number of unbranched alkanes of at least 4 members (excludes halogenated alkanes) is 1. The number of nitrogens with zero attached hydrogens (tertiary/aromatic N) is 1. The lowest BCUT2D eigenvalue weighted by Gasteiger charge is -2.44. The van der Waals surface area contributed by atoms with Gasteiger partial charge in [0.15, 0.2) is 0 Å². The first-order valence-corrected chi connectivity index (χ1v) is 8.66. The van der Waals surface area contributed by atoms with Gasteiger partial charge >= 0.3 is 5.97 Å². The van der Waals surface area contributed by atoms with Crippen LogP contribution < -0.4 is 5.73 Å². The van der Waals surface area contributed by atoms with Crippen LogP contribution in [-0.4, -0.2) is 42.6 Å². The standard InChI is InChI=1S/C17H32N2O2/c1-17(18,16(20)21-2)11-5-6-12-19-13-7-9-14-8-3-4-10-15(14)19/h14-15H,3-13,18H2,1-2H3/t14-,15-,17?/m1/s1. The molecule has 4 nitrogen and oxygen atoms in total. The maximum atomic E-state index is 11.6. The van der Waals surface area contributed by atoms with E-state index in [-0.39, 0.29) is 5.97 Å². The molecule has 1 saturated carbocycles. The maximum absolute atomic E-state index is 11.6. The molecular weight excluding hydrogens is 264 g/mol. The van der Waals surface area contributed by atoms with Gasteiger partial charge in [0.05, 0.1) is 7.11 Å². The Morgan fingerprint density at radius 2 is 1.95 bits per heavy atom. The second-order valence-corrected chi connectivity index (χ2v) is 7.16. The highest BCUT2D eigenvalue weighted by Gasteiger charge is 2.33. The van der Waals surface area contributed by atoms with Gasteiger partial charge in [0, 0.05) is 6.04 Å². The lowest BCUT2D eigenvalue weighted by molar-refractivity contribution is -0.146.